The molecule has 17 heavy (non-hydrogen) atoms. The molecule has 0 aromatic carbocycles. The quantitative estimate of drug-likeness (QED) is 0.587. The van der Waals surface area contributed by atoms with Crippen LogP contribution in [-0.4, -0.2) is 35.0 Å². The SMILES string of the molecule is CCCN(CCC#N)C1/C(=N\O)C2CCC1C2. The van der Waals surface area contributed by atoms with Gasteiger partial charge in [-0.2, -0.15) is 5.26 Å². The van der Waals surface area contributed by atoms with Crippen molar-refractivity contribution in [3.8, 4) is 6.07 Å². The molecule has 4 nitrogen and oxygen atoms in total. The highest BCUT2D eigenvalue weighted by Crippen LogP contribution is 2.45. The Kier molecular flexibility index (Phi) is 4.01. The number of nitriles is 1. The Morgan fingerprint density at radius 2 is 2.29 bits per heavy atom. The molecule has 3 unspecified atom stereocenters. The zero-order chi connectivity index (χ0) is 12.3. The lowest BCUT2D eigenvalue weighted by atomic mass is 9.91. The molecule has 2 aliphatic carbocycles. The highest BCUT2D eigenvalue weighted by Gasteiger charge is 2.47. The fourth-order valence-corrected chi connectivity index (χ4v) is 3.55. The molecule has 0 aliphatic heterocycles. The Morgan fingerprint density at radius 3 is 2.94 bits per heavy atom. The summed E-state index contributed by atoms with van der Waals surface area (Å²) in [6.07, 6.45) is 5.25. The topological polar surface area (TPSA) is 59.6 Å². The van der Waals surface area contributed by atoms with E-state index in [2.05, 4.69) is 23.0 Å². The number of rotatable bonds is 5. The molecule has 2 aliphatic rings. The molecule has 2 rings (SSSR count). The van der Waals surface area contributed by atoms with Gasteiger partial charge in [0.05, 0.1) is 17.8 Å². The first-order valence-corrected chi connectivity index (χ1v) is 6.64. The molecular weight excluding hydrogens is 214 g/mol. The van der Waals surface area contributed by atoms with Crippen molar-refractivity contribution in [2.45, 2.75) is 45.1 Å². The lowest BCUT2D eigenvalue weighted by Gasteiger charge is -2.34. The van der Waals surface area contributed by atoms with Crippen LogP contribution in [0.4, 0.5) is 0 Å². The highest BCUT2D eigenvalue weighted by molar-refractivity contribution is 5.94. The van der Waals surface area contributed by atoms with E-state index in [0.29, 0.717) is 24.3 Å². The maximum atomic E-state index is 9.20. The molecule has 0 saturated heterocycles. The van der Waals surface area contributed by atoms with Crippen LogP contribution in [0.1, 0.15) is 39.0 Å². The van der Waals surface area contributed by atoms with Gasteiger partial charge in [-0.25, -0.2) is 0 Å². The van der Waals surface area contributed by atoms with Crippen LogP contribution >= 0.6 is 0 Å². The minimum atomic E-state index is 0.298. The minimum Gasteiger partial charge on any atom is -0.411 e. The van der Waals surface area contributed by atoms with Gasteiger partial charge in [0.1, 0.15) is 0 Å². The Balaban J connectivity index is 2.09. The van der Waals surface area contributed by atoms with E-state index in [0.717, 1.165) is 25.2 Å². The second-order valence-corrected chi connectivity index (χ2v) is 5.18. The van der Waals surface area contributed by atoms with Gasteiger partial charge in [0.25, 0.3) is 0 Å². The molecule has 3 atom stereocenters. The lowest BCUT2D eigenvalue weighted by Crippen LogP contribution is -2.45. The van der Waals surface area contributed by atoms with E-state index in [-0.39, 0.29) is 0 Å². The predicted octanol–water partition coefficient (Wildman–Crippen LogP) is 2.24. The average molecular weight is 235 g/mol. The molecule has 0 amide bonds. The fourth-order valence-electron chi connectivity index (χ4n) is 3.55. The van der Waals surface area contributed by atoms with Gasteiger partial charge < -0.3 is 5.21 Å². The van der Waals surface area contributed by atoms with Crippen LogP contribution in [0, 0.1) is 23.2 Å². The maximum Gasteiger partial charge on any atom is 0.0775 e. The van der Waals surface area contributed by atoms with Gasteiger partial charge in [-0.1, -0.05) is 12.1 Å². The highest BCUT2D eigenvalue weighted by atomic mass is 16.4. The predicted molar refractivity (Wildman–Crippen MR) is 65.9 cm³/mol. The van der Waals surface area contributed by atoms with Crippen molar-refractivity contribution >= 4 is 5.71 Å². The summed E-state index contributed by atoms with van der Waals surface area (Å²) in [5, 5.41) is 21.5. The molecule has 4 heteroatoms. The Morgan fingerprint density at radius 1 is 1.47 bits per heavy atom. The Bertz CT molecular complexity index is 334. The smallest absolute Gasteiger partial charge is 0.0775 e. The molecule has 2 bridgehead atoms. The normalized spacial score (nSPS) is 33.5. The second kappa shape index (κ2) is 5.50. The van der Waals surface area contributed by atoms with Gasteiger partial charge in [0.15, 0.2) is 0 Å². The van der Waals surface area contributed by atoms with E-state index >= 15 is 0 Å². The summed E-state index contributed by atoms with van der Waals surface area (Å²) in [6, 6.07) is 2.51. The molecule has 0 spiro atoms. The molecule has 94 valence electrons. The summed E-state index contributed by atoms with van der Waals surface area (Å²) in [4.78, 5) is 2.35. The van der Waals surface area contributed by atoms with Crippen molar-refractivity contribution in [2.24, 2.45) is 17.0 Å². The van der Waals surface area contributed by atoms with Crippen LogP contribution in [0.5, 0.6) is 0 Å². The largest absolute Gasteiger partial charge is 0.411 e. The zero-order valence-corrected chi connectivity index (χ0v) is 10.5. The fraction of sp³-hybridized carbons (Fsp3) is 0.846. The van der Waals surface area contributed by atoms with Crippen molar-refractivity contribution in [3.05, 3.63) is 0 Å². The van der Waals surface area contributed by atoms with Crippen molar-refractivity contribution < 1.29 is 5.21 Å². The van der Waals surface area contributed by atoms with E-state index in [4.69, 9.17) is 5.26 Å². The van der Waals surface area contributed by atoms with Crippen LogP contribution in [0.25, 0.3) is 0 Å². The summed E-state index contributed by atoms with van der Waals surface area (Å²) in [5.74, 6) is 1.15. The second-order valence-electron chi connectivity index (χ2n) is 5.18. The molecule has 2 fully saturated rings. The number of nitrogens with zero attached hydrogens (tertiary/aromatic N) is 3. The van der Waals surface area contributed by atoms with Crippen molar-refractivity contribution in [2.75, 3.05) is 13.1 Å². The molecule has 0 aromatic rings. The Labute approximate surface area is 103 Å². The van der Waals surface area contributed by atoms with Gasteiger partial charge in [-0.3, -0.25) is 4.90 Å². The molecule has 0 heterocycles. The summed E-state index contributed by atoms with van der Waals surface area (Å²) in [5.41, 5.74) is 0.979. The summed E-state index contributed by atoms with van der Waals surface area (Å²) in [7, 11) is 0. The lowest BCUT2D eigenvalue weighted by molar-refractivity contribution is 0.195. The molecular formula is C13H21N3O. The third-order valence-electron chi connectivity index (χ3n) is 4.17. The van der Waals surface area contributed by atoms with Crippen LogP contribution in [0.15, 0.2) is 5.16 Å². The maximum absolute atomic E-state index is 9.20. The third kappa shape index (κ3) is 2.30. The van der Waals surface area contributed by atoms with Crippen molar-refractivity contribution in [1.82, 2.24) is 4.90 Å². The van der Waals surface area contributed by atoms with Gasteiger partial charge in [0, 0.05) is 18.9 Å². The van der Waals surface area contributed by atoms with Crippen LogP contribution < -0.4 is 0 Å². The number of fused-ring (bicyclic) bond motifs is 2. The van der Waals surface area contributed by atoms with Crippen LogP contribution in [0.2, 0.25) is 0 Å². The van der Waals surface area contributed by atoms with Crippen molar-refractivity contribution in [3.63, 3.8) is 0 Å². The molecule has 2 saturated carbocycles. The van der Waals surface area contributed by atoms with E-state index in [1.165, 1.54) is 19.3 Å². The van der Waals surface area contributed by atoms with Crippen LogP contribution in [-0.2, 0) is 0 Å². The first kappa shape index (κ1) is 12.4. The van der Waals surface area contributed by atoms with E-state index in [9.17, 15) is 5.21 Å². The van der Waals surface area contributed by atoms with E-state index < -0.39 is 0 Å². The number of hydrogen-bond acceptors (Lipinski definition) is 4. The van der Waals surface area contributed by atoms with Gasteiger partial charge in [-0.15, -0.1) is 0 Å². The van der Waals surface area contributed by atoms with Crippen molar-refractivity contribution in [1.29, 1.82) is 5.26 Å². The summed E-state index contributed by atoms with van der Waals surface area (Å²) < 4.78 is 0. The number of hydrogen-bond donors (Lipinski definition) is 1. The standard InChI is InChI=1S/C13H21N3O/c1-2-7-16(8-3-6-14)13-11-5-4-10(9-11)12(13)15-17/h10-11,13,17H,2-5,7-9H2,1H3/b15-12-. The molecule has 1 N–H and O–H groups in total. The minimum absolute atomic E-state index is 0.298. The zero-order valence-electron chi connectivity index (χ0n) is 10.5. The average Bonchev–Trinajstić information content (AvgIpc) is 2.94. The number of oxime groups is 1. The van der Waals surface area contributed by atoms with Gasteiger partial charge in [-0.05, 0) is 38.1 Å². The third-order valence-corrected chi connectivity index (χ3v) is 4.17. The van der Waals surface area contributed by atoms with Gasteiger partial charge in [0.2, 0.25) is 0 Å². The summed E-state index contributed by atoms with van der Waals surface area (Å²) in [6.45, 7) is 3.95. The van der Waals surface area contributed by atoms with Gasteiger partial charge >= 0.3 is 0 Å². The molecule has 0 aromatic heterocycles. The first-order valence-electron chi connectivity index (χ1n) is 6.64. The first-order chi connectivity index (χ1) is 8.31. The van der Waals surface area contributed by atoms with Crippen LogP contribution in [0.3, 0.4) is 0 Å². The Hall–Kier alpha value is -1.08. The van der Waals surface area contributed by atoms with E-state index in [1.54, 1.807) is 0 Å². The monoisotopic (exact) mass is 235 g/mol. The molecule has 0 radical (unpaired) electrons. The summed E-state index contributed by atoms with van der Waals surface area (Å²) >= 11 is 0. The van der Waals surface area contributed by atoms with E-state index in [1.807, 2.05) is 0 Å².